The zero-order valence-electron chi connectivity index (χ0n) is 27.8. The van der Waals surface area contributed by atoms with E-state index in [4.69, 9.17) is 0 Å². The van der Waals surface area contributed by atoms with Crippen LogP contribution in [0.25, 0.3) is 0 Å². The lowest BCUT2D eigenvalue weighted by Gasteiger charge is -2.16. The lowest BCUT2D eigenvalue weighted by Crippen LogP contribution is -2.15. The van der Waals surface area contributed by atoms with Gasteiger partial charge in [-0.2, -0.15) is 0 Å². The highest BCUT2D eigenvalue weighted by molar-refractivity contribution is 9.11. The second-order valence-corrected chi connectivity index (χ2v) is 16.0. The molecule has 44 heavy (non-hydrogen) atoms. The Labute approximate surface area is 305 Å². The van der Waals surface area contributed by atoms with E-state index in [0.717, 1.165) is 55.2 Å². The molecule has 0 amide bonds. The van der Waals surface area contributed by atoms with E-state index in [1.165, 1.54) is 140 Å². The fourth-order valence-electron chi connectivity index (χ4n) is 5.89. The summed E-state index contributed by atoms with van der Waals surface area (Å²) in [5.41, 5.74) is 5.06. The van der Waals surface area contributed by atoms with Gasteiger partial charge in [0.15, 0.2) is 0 Å². The quantitative estimate of drug-likeness (QED) is 0.0875. The molecule has 0 bridgehead atoms. The topological polar surface area (TPSA) is 24.1 Å². The van der Waals surface area contributed by atoms with Crippen LogP contribution in [0.15, 0.2) is 42.2 Å². The number of rotatable bonds is 27. The van der Waals surface area contributed by atoms with Gasteiger partial charge in [0.05, 0.1) is 11.4 Å². The van der Waals surface area contributed by atoms with Crippen molar-refractivity contribution >= 4 is 75.1 Å². The van der Waals surface area contributed by atoms with Gasteiger partial charge in [0.1, 0.15) is 0 Å². The van der Waals surface area contributed by atoms with E-state index in [9.17, 15) is 0 Å². The Balaban J connectivity index is 1.64. The Morgan fingerprint density at radius 1 is 0.386 bits per heavy atom. The molecule has 0 saturated heterocycles. The van der Waals surface area contributed by atoms with Crippen molar-refractivity contribution in [2.75, 3.05) is 23.7 Å². The number of aryl methyl sites for hydroxylation is 2. The van der Waals surface area contributed by atoms with Crippen LogP contribution in [0.2, 0.25) is 0 Å². The van der Waals surface area contributed by atoms with E-state index >= 15 is 0 Å². The SMILES string of the molecule is CCCCCCCCCCCCc1cc(Br)c(NCCNc2c(Br)cc(CCCCCCCCCCCC)cc2Br)c(Br)c1. The highest BCUT2D eigenvalue weighted by atomic mass is 79.9. The minimum atomic E-state index is 0.828. The predicted molar refractivity (Wildman–Crippen MR) is 212 cm³/mol. The Hall–Kier alpha value is -0.0400. The molecule has 2 rings (SSSR count). The third kappa shape index (κ3) is 17.8. The molecular weight excluding hydrogens is 804 g/mol. The first kappa shape index (κ1) is 40.1. The molecule has 0 radical (unpaired) electrons. The number of benzene rings is 2. The summed E-state index contributed by atoms with van der Waals surface area (Å²) in [6.07, 6.45) is 29.9. The predicted octanol–water partition coefficient (Wildman–Crippen LogP) is 15.2. The van der Waals surface area contributed by atoms with Gasteiger partial charge in [-0.25, -0.2) is 0 Å². The molecule has 2 aromatic carbocycles. The van der Waals surface area contributed by atoms with Crippen LogP contribution < -0.4 is 10.6 Å². The smallest absolute Gasteiger partial charge is 0.0629 e. The fraction of sp³-hybridized carbons (Fsp3) is 0.684. The minimum Gasteiger partial charge on any atom is -0.381 e. The van der Waals surface area contributed by atoms with Crippen LogP contribution in [0.4, 0.5) is 11.4 Å². The molecule has 0 unspecified atom stereocenters. The van der Waals surface area contributed by atoms with Crippen molar-refractivity contribution in [3.63, 3.8) is 0 Å². The molecule has 0 fully saturated rings. The lowest BCUT2D eigenvalue weighted by molar-refractivity contribution is 0.556. The first-order chi connectivity index (χ1) is 21.5. The van der Waals surface area contributed by atoms with Crippen LogP contribution in [-0.4, -0.2) is 13.1 Å². The minimum absolute atomic E-state index is 0.828. The summed E-state index contributed by atoms with van der Waals surface area (Å²) >= 11 is 15.3. The van der Waals surface area contributed by atoms with Gasteiger partial charge < -0.3 is 10.6 Å². The van der Waals surface area contributed by atoms with Gasteiger partial charge in [0, 0.05) is 31.0 Å². The van der Waals surface area contributed by atoms with Crippen molar-refractivity contribution in [3.8, 4) is 0 Å². The van der Waals surface area contributed by atoms with Gasteiger partial charge >= 0.3 is 0 Å². The first-order valence-corrected chi connectivity index (χ1v) is 21.1. The lowest BCUT2D eigenvalue weighted by atomic mass is 10.0. The van der Waals surface area contributed by atoms with Crippen LogP contribution in [0, 0.1) is 0 Å². The average molecular weight is 865 g/mol. The van der Waals surface area contributed by atoms with Crippen LogP contribution in [0.3, 0.4) is 0 Å². The number of hydrogen-bond donors (Lipinski definition) is 2. The van der Waals surface area contributed by atoms with E-state index < -0.39 is 0 Å². The van der Waals surface area contributed by atoms with Crippen molar-refractivity contribution in [1.29, 1.82) is 0 Å². The normalized spacial score (nSPS) is 11.3. The molecule has 0 aromatic heterocycles. The Bertz CT molecular complexity index is 898. The summed E-state index contributed by atoms with van der Waals surface area (Å²) in [6, 6.07) is 9.15. The standard InChI is InChI=1S/C38H60Br4N2/c1-3-5-7-9-11-13-15-17-19-21-23-31-27-33(39)37(34(40)28-31)43-25-26-44-38-35(41)29-32(30-36(38)42)24-22-20-18-16-14-12-10-8-6-4-2/h27-30,43-44H,3-26H2,1-2H3. The average Bonchev–Trinajstić information content (AvgIpc) is 2.99. The molecule has 0 heterocycles. The molecule has 6 heteroatoms. The third-order valence-electron chi connectivity index (χ3n) is 8.57. The number of unbranched alkanes of at least 4 members (excludes halogenated alkanes) is 18. The summed E-state index contributed by atoms with van der Waals surface area (Å²) in [7, 11) is 0. The third-order valence-corrected chi connectivity index (χ3v) is 11.1. The summed E-state index contributed by atoms with van der Waals surface area (Å²) in [5, 5.41) is 7.22. The van der Waals surface area contributed by atoms with Gasteiger partial charge in [0.2, 0.25) is 0 Å². The summed E-state index contributed by atoms with van der Waals surface area (Å²) in [5.74, 6) is 0. The molecule has 0 atom stereocenters. The maximum atomic E-state index is 3.82. The summed E-state index contributed by atoms with van der Waals surface area (Å²) in [6.45, 7) is 6.23. The molecule has 0 spiro atoms. The molecular formula is C38H60Br4N2. The Morgan fingerprint density at radius 2 is 0.636 bits per heavy atom. The molecule has 0 saturated carbocycles. The zero-order valence-corrected chi connectivity index (χ0v) is 34.1. The van der Waals surface area contributed by atoms with Crippen molar-refractivity contribution in [1.82, 2.24) is 0 Å². The molecule has 250 valence electrons. The number of anilines is 2. The van der Waals surface area contributed by atoms with Crippen LogP contribution >= 0.6 is 63.7 Å². The van der Waals surface area contributed by atoms with Crippen molar-refractivity contribution in [2.45, 2.75) is 155 Å². The molecule has 0 aliphatic rings. The molecule has 2 aromatic rings. The molecule has 0 aliphatic carbocycles. The van der Waals surface area contributed by atoms with Crippen molar-refractivity contribution in [3.05, 3.63) is 53.3 Å². The van der Waals surface area contributed by atoms with Gasteiger partial charge in [-0.05, 0) is 125 Å². The summed E-state index contributed by atoms with van der Waals surface area (Å²) < 4.78 is 4.53. The monoisotopic (exact) mass is 860 g/mol. The van der Waals surface area contributed by atoms with Crippen LogP contribution in [0.1, 0.15) is 153 Å². The number of hydrogen-bond acceptors (Lipinski definition) is 2. The maximum absolute atomic E-state index is 3.82. The van der Waals surface area contributed by atoms with Crippen molar-refractivity contribution < 1.29 is 0 Å². The van der Waals surface area contributed by atoms with Crippen LogP contribution in [-0.2, 0) is 12.8 Å². The first-order valence-electron chi connectivity index (χ1n) is 17.9. The van der Waals surface area contributed by atoms with Gasteiger partial charge in [-0.1, -0.05) is 129 Å². The Kier molecular flexibility index (Phi) is 23.7. The Morgan fingerprint density at radius 3 is 0.909 bits per heavy atom. The molecule has 2 N–H and O–H groups in total. The largest absolute Gasteiger partial charge is 0.381 e. The van der Waals surface area contributed by atoms with E-state index in [1.807, 2.05) is 0 Å². The van der Waals surface area contributed by atoms with E-state index in [-0.39, 0.29) is 0 Å². The van der Waals surface area contributed by atoms with E-state index in [1.54, 1.807) is 0 Å². The van der Waals surface area contributed by atoms with Crippen LogP contribution in [0.5, 0.6) is 0 Å². The number of nitrogens with one attached hydrogen (secondary N) is 2. The highest BCUT2D eigenvalue weighted by Crippen LogP contribution is 2.34. The fourth-order valence-corrected chi connectivity index (χ4v) is 9.01. The second kappa shape index (κ2) is 26.0. The van der Waals surface area contributed by atoms with Gasteiger partial charge in [-0.3, -0.25) is 0 Å². The highest BCUT2D eigenvalue weighted by Gasteiger charge is 2.10. The second-order valence-electron chi connectivity index (χ2n) is 12.6. The maximum Gasteiger partial charge on any atom is 0.0629 e. The molecule has 0 aliphatic heterocycles. The van der Waals surface area contributed by atoms with Gasteiger partial charge in [0.25, 0.3) is 0 Å². The van der Waals surface area contributed by atoms with E-state index in [2.05, 4.69) is 112 Å². The number of halogens is 4. The van der Waals surface area contributed by atoms with Gasteiger partial charge in [-0.15, -0.1) is 0 Å². The van der Waals surface area contributed by atoms with Crippen molar-refractivity contribution in [2.24, 2.45) is 0 Å². The zero-order chi connectivity index (χ0) is 31.8. The molecule has 2 nitrogen and oxygen atoms in total. The summed E-state index contributed by atoms with van der Waals surface area (Å²) in [4.78, 5) is 0. The van der Waals surface area contributed by atoms with E-state index in [0.29, 0.717) is 0 Å².